The third kappa shape index (κ3) is 6.62. The van der Waals surface area contributed by atoms with E-state index in [2.05, 4.69) is 55.3 Å². The van der Waals surface area contributed by atoms with Crippen molar-refractivity contribution in [3.8, 4) is 22.7 Å². The number of rotatable bonds is 9. The Hall–Kier alpha value is -4.66. The number of carbonyl (C=O) groups excluding carboxylic acids is 1. The van der Waals surface area contributed by atoms with E-state index in [1.54, 1.807) is 36.4 Å². The van der Waals surface area contributed by atoms with Gasteiger partial charge in [0.05, 0.1) is 27.0 Å². The van der Waals surface area contributed by atoms with Gasteiger partial charge in [-0.2, -0.15) is 5.10 Å². The molecule has 0 unspecified atom stereocenters. The number of ether oxygens (including phenoxy) is 1. The number of amides is 1. The van der Waals surface area contributed by atoms with Gasteiger partial charge in [-0.3, -0.25) is 4.79 Å². The van der Waals surface area contributed by atoms with E-state index in [1.807, 2.05) is 37.3 Å². The number of hydrazone groups is 1. The largest absolute Gasteiger partial charge is 0.486 e. The monoisotopic (exact) mass is 641 g/mol. The van der Waals surface area contributed by atoms with Crippen molar-refractivity contribution >= 4 is 45.6 Å². The van der Waals surface area contributed by atoms with Crippen LogP contribution in [0.25, 0.3) is 16.9 Å². The molecule has 1 heterocycles. The number of carboxylic acid groups (broad SMARTS) is 1. The lowest BCUT2D eigenvalue weighted by atomic mass is 10.1. The van der Waals surface area contributed by atoms with Gasteiger partial charge in [-0.05, 0) is 100 Å². The molecule has 5 rings (SSSR count). The van der Waals surface area contributed by atoms with Crippen molar-refractivity contribution in [3.05, 3.63) is 141 Å². The maximum atomic E-state index is 12.7. The Labute approximate surface area is 256 Å². The molecule has 0 spiro atoms. The summed E-state index contributed by atoms with van der Waals surface area (Å²) in [5.41, 5.74) is 8.91. The zero-order valence-corrected chi connectivity index (χ0v) is 24.8. The molecule has 0 fully saturated rings. The Kier molecular flexibility index (Phi) is 8.85. The average molecular weight is 643 g/mol. The fourth-order valence-corrected chi connectivity index (χ4v) is 5.39. The number of benzene rings is 4. The number of carboxylic acids is 1. The highest BCUT2D eigenvalue weighted by Gasteiger charge is 2.12. The number of halogens is 2. The van der Waals surface area contributed by atoms with Crippen LogP contribution in [0.5, 0.6) is 5.75 Å². The third-order valence-corrected chi connectivity index (χ3v) is 7.39. The fourth-order valence-electron chi connectivity index (χ4n) is 4.40. The van der Waals surface area contributed by atoms with Crippen molar-refractivity contribution in [1.82, 2.24) is 9.99 Å². The Morgan fingerprint density at radius 3 is 2.31 bits per heavy atom. The molecular weight excluding hydrogens is 618 g/mol. The zero-order valence-electron chi connectivity index (χ0n) is 22.4. The van der Waals surface area contributed by atoms with Crippen LogP contribution in [0.3, 0.4) is 0 Å². The lowest BCUT2D eigenvalue weighted by Crippen LogP contribution is -2.17. The summed E-state index contributed by atoms with van der Waals surface area (Å²) in [6.07, 6.45) is 1.49. The van der Waals surface area contributed by atoms with Crippen molar-refractivity contribution in [1.29, 1.82) is 0 Å². The van der Waals surface area contributed by atoms with E-state index in [0.717, 1.165) is 28.2 Å². The van der Waals surface area contributed by atoms with E-state index in [1.165, 1.54) is 18.3 Å². The molecule has 0 radical (unpaired) electrons. The normalized spacial score (nSPS) is 11.0. The van der Waals surface area contributed by atoms with Crippen molar-refractivity contribution < 1.29 is 19.4 Å². The number of hydrogen-bond acceptors (Lipinski definition) is 4. The summed E-state index contributed by atoms with van der Waals surface area (Å²) >= 11 is 9.91. The van der Waals surface area contributed by atoms with Gasteiger partial charge in [0.1, 0.15) is 6.61 Å². The van der Waals surface area contributed by atoms with Crippen LogP contribution in [0.2, 0.25) is 5.02 Å². The van der Waals surface area contributed by atoms with Crippen LogP contribution in [0.15, 0.2) is 113 Å². The molecule has 5 aromatic rings. The molecular formula is C33H25BrClN3O4. The van der Waals surface area contributed by atoms with Gasteiger partial charge in [-0.25, -0.2) is 10.2 Å². The lowest BCUT2D eigenvalue weighted by Gasteiger charge is -2.13. The van der Waals surface area contributed by atoms with Crippen molar-refractivity contribution in [2.45, 2.75) is 13.5 Å². The van der Waals surface area contributed by atoms with E-state index < -0.39 is 5.97 Å². The third-order valence-electron chi connectivity index (χ3n) is 6.52. The topological polar surface area (TPSA) is 92.9 Å². The van der Waals surface area contributed by atoms with Gasteiger partial charge in [-0.15, -0.1) is 0 Å². The summed E-state index contributed by atoms with van der Waals surface area (Å²) in [6, 6.07) is 31.5. The van der Waals surface area contributed by atoms with E-state index in [-0.39, 0.29) is 18.1 Å². The minimum absolute atomic E-state index is 0.204. The summed E-state index contributed by atoms with van der Waals surface area (Å²) in [5, 5.41) is 13.5. The number of nitrogens with zero attached hydrogens (tertiary/aromatic N) is 2. The van der Waals surface area contributed by atoms with Crippen molar-refractivity contribution in [2.75, 3.05) is 0 Å². The van der Waals surface area contributed by atoms with Crippen LogP contribution in [0.1, 0.15) is 37.5 Å². The smallest absolute Gasteiger partial charge is 0.335 e. The van der Waals surface area contributed by atoms with Crippen LogP contribution < -0.4 is 10.2 Å². The average Bonchev–Trinajstić information content (AvgIpc) is 3.38. The Morgan fingerprint density at radius 1 is 0.952 bits per heavy atom. The SMILES string of the molecule is Cc1ccc(-c2ccccc2)n1-c1ccc(C(=O)N/N=C/c2cc(Cl)c(OCc3ccc(C(=O)O)cc3)c(Br)c2)cc1. The maximum absolute atomic E-state index is 12.7. The molecule has 4 aromatic carbocycles. The molecule has 7 nitrogen and oxygen atoms in total. The molecule has 0 atom stereocenters. The number of hydrogen-bond donors (Lipinski definition) is 2. The molecule has 9 heteroatoms. The van der Waals surface area contributed by atoms with E-state index >= 15 is 0 Å². The number of aromatic carboxylic acids is 1. The predicted molar refractivity (Wildman–Crippen MR) is 168 cm³/mol. The van der Waals surface area contributed by atoms with Gasteiger partial charge in [0, 0.05) is 16.9 Å². The van der Waals surface area contributed by atoms with E-state index in [0.29, 0.717) is 26.4 Å². The van der Waals surface area contributed by atoms with Gasteiger partial charge in [0.2, 0.25) is 0 Å². The van der Waals surface area contributed by atoms with Gasteiger partial charge in [0.25, 0.3) is 5.91 Å². The molecule has 210 valence electrons. The van der Waals surface area contributed by atoms with Crippen LogP contribution in [0.4, 0.5) is 0 Å². The molecule has 42 heavy (non-hydrogen) atoms. The standard InChI is InChI=1S/C33H25BrClN3O4/c1-21-7-16-30(24-5-3-2-4-6-24)38(21)27-14-12-25(13-15-27)32(39)37-36-19-23-17-28(34)31(29(35)18-23)42-20-22-8-10-26(11-9-22)33(40)41/h2-19H,20H2,1H3,(H,37,39)(H,40,41)/b36-19+. The predicted octanol–water partition coefficient (Wildman–Crippen LogP) is 7.91. The summed E-state index contributed by atoms with van der Waals surface area (Å²) in [7, 11) is 0. The summed E-state index contributed by atoms with van der Waals surface area (Å²) in [4.78, 5) is 23.8. The molecule has 0 aliphatic rings. The highest BCUT2D eigenvalue weighted by Crippen LogP contribution is 2.35. The maximum Gasteiger partial charge on any atom is 0.335 e. The van der Waals surface area contributed by atoms with Crippen molar-refractivity contribution in [2.24, 2.45) is 5.10 Å². The first kappa shape index (κ1) is 28.9. The highest BCUT2D eigenvalue weighted by molar-refractivity contribution is 9.10. The second-order valence-corrected chi connectivity index (χ2v) is 10.7. The molecule has 0 saturated heterocycles. The summed E-state index contributed by atoms with van der Waals surface area (Å²) < 4.78 is 8.60. The zero-order chi connectivity index (χ0) is 29.6. The lowest BCUT2D eigenvalue weighted by molar-refractivity contribution is 0.0696. The Balaban J connectivity index is 1.21. The molecule has 2 N–H and O–H groups in total. The molecule has 0 aliphatic carbocycles. The van der Waals surface area contributed by atoms with Crippen LogP contribution in [-0.2, 0) is 6.61 Å². The first-order chi connectivity index (χ1) is 20.3. The van der Waals surface area contributed by atoms with Crippen molar-refractivity contribution in [3.63, 3.8) is 0 Å². The highest BCUT2D eigenvalue weighted by atomic mass is 79.9. The van der Waals surface area contributed by atoms with Gasteiger partial charge in [0.15, 0.2) is 5.75 Å². The van der Waals surface area contributed by atoms with Gasteiger partial charge >= 0.3 is 5.97 Å². The second kappa shape index (κ2) is 12.9. The number of aromatic nitrogens is 1. The first-order valence-corrected chi connectivity index (χ1v) is 14.1. The minimum atomic E-state index is -0.986. The Morgan fingerprint density at radius 2 is 1.64 bits per heavy atom. The van der Waals surface area contributed by atoms with Gasteiger partial charge in [-0.1, -0.05) is 54.1 Å². The quantitative estimate of drug-likeness (QED) is 0.126. The van der Waals surface area contributed by atoms with E-state index in [9.17, 15) is 9.59 Å². The minimum Gasteiger partial charge on any atom is -0.486 e. The molecule has 1 aromatic heterocycles. The first-order valence-electron chi connectivity index (χ1n) is 12.9. The second-order valence-electron chi connectivity index (χ2n) is 9.41. The number of nitrogens with one attached hydrogen (secondary N) is 1. The molecule has 0 bridgehead atoms. The fraction of sp³-hybridized carbons (Fsp3) is 0.0606. The Bertz CT molecular complexity index is 1740. The van der Waals surface area contributed by atoms with Crippen LogP contribution >= 0.6 is 27.5 Å². The molecule has 0 saturated carbocycles. The molecule has 1 amide bonds. The van der Waals surface area contributed by atoms with Gasteiger partial charge < -0.3 is 14.4 Å². The molecule has 0 aliphatic heterocycles. The summed E-state index contributed by atoms with van der Waals surface area (Å²) in [5.74, 6) is -0.891. The number of carbonyl (C=O) groups is 2. The van der Waals surface area contributed by atoms with Crippen LogP contribution in [-0.4, -0.2) is 27.8 Å². The van der Waals surface area contributed by atoms with Crippen LogP contribution in [0, 0.1) is 6.92 Å². The number of aryl methyl sites for hydroxylation is 1. The van der Waals surface area contributed by atoms with E-state index in [4.69, 9.17) is 21.4 Å². The summed E-state index contributed by atoms with van der Waals surface area (Å²) in [6.45, 7) is 2.25.